The van der Waals surface area contributed by atoms with Gasteiger partial charge in [0.1, 0.15) is 0 Å². The van der Waals surface area contributed by atoms with Gasteiger partial charge in [-0.1, -0.05) is 31.5 Å². The molecule has 90 valence electrons. The van der Waals surface area contributed by atoms with Gasteiger partial charge in [0.05, 0.1) is 11.6 Å². The minimum absolute atomic E-state index is 0.134. The molecule has 2 N–H and O–H groups in total. The third kappa shape index (κ3) is 4.06. The Hall–Kier alpha value is -0.0900. The van der Waals surface area contributed by atoms with Gasteiger partial charge >= 0.3 is 0 Å². The van der Waals surface area contributed by atoms with Crippen LogP contribution in [-0.4, -0.2) is 17.8 Å². The molecule has 0 fully saturated rings. The maximum absolute atomic E-state index is 9.18. The smallest absolute Gasteiger partial charge is 0.0587 e. The minimum Gasteiger partial charge on any atom is -0.395 e. The fourth-order valence-electron chi connectivity index (χ4n) is 1.41. The molecule has 1 atom stereocenters. The van der Waals surface area contributed by atoms with E-state index in [4.69, 9.17) is 11.6 Å². The summed E-state index contributed by atoms with van der Waals surface area (Å²) < 4.78 is 0.901. The van der Waals surface area contributed by atoms with Crippen molar-refractivity contribution in [3.63, 3.8) is 0 Å². The lowest BCUT2D eigenvalue weighted by Gasteiger charge is -2.20. The van der Waals surface area contributed by atoms with Gasteiger partial charge < -0.3 is 10.4 Å². The molecule has 0 bridgehead atoms. The van der Waals surface area contributed by atoms with Crippen LogP contribution < -0.4 is 5.32 Å². The van der Waals surface area contributed by atoms with Crippen molar-refractivity contribution in [3.8, 4) is 0 Å². The molecule has 4 heteroatoms. The first-order valence-corrected chi connectivity index (χ1v) is 6.50. The van der Waals surface area contributed by atoms with E-state index in [9.17, 15) is 5.11 Å². The van der Waals surface area contributed by atoms with E-state index < -0.39 is 0 Å². The number of hydrogen-bond acceptors (Lipinski definition) is 2. The topological polar surface area (TPSA) is 32.3 Å². The van der Waals surface area contributed by atoms with E-state index in [0.29, 0.717) is 10.9 Å². The van der Waals surface area contributed by atoms with Crippen LogP contribution in [0.15, 0.2) is 22.7 Å². The van der Waals surface area contributed by atoms with Crippen LogP contribution >= 0.6 is 27.5 Å². The Bertz CT molecular complexity index is 344. The highest BCUT2D eigenvalue weighted by Gasteiger charge is 2.11. The van der Waals surface area contributed by atoms with Crippen molar-refractivity contribution >= 4 is 27.5 Å². The second-order valence-electron chi connectivity index (χ2n) is 4.16. The van der Waals surface area contributed by atoms with Gasteiger partial charge in [0.2, 0.25) is 0 Å². The maximum Gasteiger partial charge on any atom is 0.0587 e. The molecule has 0 saturated carbocycles. The summed E-state index contributed by atoms with van der Waals surface area (Å²) in [6.07, 6.45) is 0. The normalized spacial score (nSPS) is 13.1. The molecule has 0 amide bonds. The van der Waals surface area contributed by atoms with Gasteiger partial charge in [-0.2, -0.15) is 0 Å². The SMILES string of the molecule is CC(C)[C@@H](CO)NCc1ccc(Cl)c(Br)c1. The van der Waals surface area contributed by atoms with Crippen molar-refractivity contribution in [2.45, 2.75) is 26.4 Å². The molecule has 1 aromatic carbocycles. The van der Waals surface area contributed by atoms with E-state index >= 15 is 0 Å². The first-order chi connectivity index (χ1) is 7.54. The van der Waals surface area contributed by atoms with Crippen molar-refractivity contribution in [2.75, 3.05) is 6.61 Å². The highest BCUT2D eigenvalue weighted by atomic mass is 79.9. The zero-order valence-corrected chi connectivity index (χ0v) is 11.8. The molecule has 1 aromatic rings. The molecule has 0 radical (unpaired) electrons. The summed E-state index contributed by atoms with van der Waals surface area (Å²) in [6, 6.07) is 5.97. The maximum atomic E-state index is 9.18. The van der Waals surface area contributed by atoms with E-state index in [-0.39, 0.29) is 12.6 Å². The van der Waals surface area contributed by atoms with Gasteiger partial charge in [0.25, 0.3) is 0 Å². The van der Waals surface area contributed by atoms with Crippen molar-refractivity contribution in [2.24, 2.45) is 5.92 Å². The lowest BCUT2D eigenvalue weighted by atomic mass is 10.1. The Morgan fingerprint density at radius 3 is 2.62 bits per heavy atom. The summed E-state index contributed by atoms with van der Waals surface area (Å²) in [5, 5.41) is 13.2. The number of nitrogens with one attached hydrogen (secondary N) is 1. The lowest BCUT2D eigenvalue weighted by Crippen LogP contribution is -2.36. The van der Waals surface area contributed by atoms with Crippen molar-refractivity contribution in [1.82, 2.24) is 5.32 Å². The predicted octanol–water partition coefficient (Wildman–Crippen LogP) is 3.21. The Balaban J connectivity index is 2.57. The average molecular weight is 307 g/mol. The third-order valence-electron chi connectivity index (χ3n) is 2.55. The quantitative estimate of drug-likeness (QED) is 0.875. The molecule has 0 aromatic heterocycles. The number of rotatable bonds is 5. The van der Waals surface area contributed by atoms with Crippen LogP contribution in [0.2, 0.25) is 5.02 Å². The monoisotopic (exact) mass is 305 g/mol. The molecule has 0 aliphatic heterocycles. The summed E-state index contributed by atoms with van der Waals surface area (Å²) in [6.45, 7) is 5.07. The molecule has 16 heavy (non-hydrogen) atoms. The molecule has 2 nitrogen and oxygen atoms in total. The van der Waals surface area contributed by atoms with Crippen LogP contribution in [0, 0.1) is 5.92 Å². The van der Waals surface area contributed by atoms with Gasteiger partial charge in [-0.15, -0.1) is 0 Å². The van der Waals surface area contributed by atoms with Crippen LogP contribution in [0.5, 0.6) is 0 Å². The average Bonchev–Trinajstić information content (AvgIpc) is 2.23. The molecular weight excluding hydrogens is 289 g/mol. The minimum atomic E-state index is 0.134. The van der Waals surface area contributed by atoms with Crippen LogP contribution in [0.4, 0.5) is 0 Å². The second kappa shape index (κ2) is 6.60. The van der Waals surface area contributed by atoms with Crippen LogP contribution in [0.1, 0.15) is 19.4 Å². The van der Waals surface area contributed by atoms with Gasteiger partial charge in [-0.3, -0.25) is 0 Å². The van der Waals surface area contributed by atoms with E-state index in [1.54, 1.807) is 0 Å². The van der Waals surface area contributed by atoms with Gasteiger partial charge in [0, 0.05) is 17.1 Å². The number of halogens is 2. The Kier molecular flexibility index (Phi) is 5.76. The molecular formula is C12H17BrClNO. The number of hydrogen-bond donors (Lipinski definition) is 2. The molecule has 0 saturated heterocycles. The molecule has 0 aliphatic rings. The molecule has 0 heterocycles. The lowest BCUT2D eigenvalue weighted by molar-refractivity contribution is 0.210. The molecule has 0 spiro atoms. The Morgan fingerprint density at radius 2 is 2.12 bits per heavy atom. The fraction of sp³-hybridized carbons (Fsp3) is 0.500. The standard InChI is InChI=1S/C12H17BrClNO/c1-8(2)12(7-16)15-6-9-3-4-11(14)10(13)5-9/h3-5,8,12,15-16H,6-7H2,1-2H3/t12-/m1/s1. The van der Waals surface area contributed by atoms with Gasteiger partial charge in [0.15, 0.2) is 0 Å². The van der Waals surface area contributed by atoms with E-state index in [1.807, 2.05) is 18.2 Å². The number of aliphatic hydroxyl groups is 1. The zero-order chi connectivity index (χ0) is 12.1. The zero-order valence-electron chi connectivity index (χ0n) is 9.50. The summed E-state index contributed by atoms with van der Waals surface area (Å²) in [4.78, 5) is 0. The summed E-state index contributed by atoms with van der Waals surface area (Å²) in [7, 11) is 0. The molecule has 0 aliphatic carbocycles. The number of benzene rings is 1. The summed E-state index contributed by atoms with van der Waals surface area (Å²) >= 11 is 9.30. The van der Waals surface area contributed by atoms with Crippen molar-refractivity contribution in [1.29, 1.82) is 0 Å². The fourth-order valence-corrected chi connectivity index (χ4v) is 1.95. The third-order valence-corrected chi connectivity index (χ3v) is 3.77. The first-order valence-electron chi connectivity index (χ1n) is 5.32. The van der Waals surface area contributed by atoms with Crippen molar-refractivity contribution < 1.29 is 5.11 Å². The largest absolute Gasteiger partial charge is 0.395 e. The van der Waals surface area contributed by atoms with E-state index in [1.165, 1.54) is 0 Å². The first kappa shape index (κ1) is 14.0. The molecule has 1 rings (SSSR count). The van der Waals surface area contributed by atoms with Crippen LogP contribution in [-0.2, 0) is 6.54 Å². The van der Waals surface area contributed by atoms with Crippen molar-refractivity contribution in [3.05, 3.63) is 33.3 Å². The van der Waals surface area contributed by atoms with Gasteiger partial charge in [-0.05, 0) is 39.5 Å². The summed E-state index contributed by atoms with van der Waals surface area (Å²) in [5.41, 5.74) is 1.15. The van der Waals surface area contributed by atoms with E-state index in [2.05, 4.69) is 35.1 Å². The highest BCUT2D eigenvalue weighted by molar-refractivity contribution is 9.10. The second-order valence-corrected chi connectivity index (χ2v) is 5.42. The molecule has 0 unspecified atom stereocenters. The number of aliphatic hydroxyl groups excluding tert-OH is 1. The van der Waals surface area contributed by atoms with Crippen LogP contribution in [0.3, 0.4) is 0 Å². The Labute approximate surface area is 110 Å². The highest BCUT2D eigenvalue weighted by Crippen LogP contribution is 2.23. The summed E-state index contributed by atoms with van der Waals surface area (Å²) in [5.74, 6) is 0.417. The van der Waals surface area contributed by atoms with Crippen LogP contribution in [0.25, 0.3) is 0 Å². The predicted molar refractivity (Wildman–Crippen MR) is 71.7 cm³/mol. The van der Waals surface area contributed by atoms with E-state index in [0.717, 1.165) is 16.6 Å². The van der Waals surface area contributed by atoms with Gasteiger partial charge in [-0.25, -0.2) is 0 Å². The Morgan fingerprint density at radius 1 is 1.44 bits per heavy atom.